The Kier molecular flexibility index (Phi) is 10.6. The molecule has 2 unspecified atom stereocenters. The Morgan fingerprint density at radius 2 is 1.80 bits per heavy atom. The average molecular weight is 596 g/mol. The second-order valence-corrected chi connectivity index (χ2v) is 11.7. The van der Waals surface area contributed by atoms with Crippen molar-refractivity contribution < 1.29 is 29.1 Å². The van der Waals surface area contributed by atoms with E-state index in [0.29, 0.717) is 44.5 Å². The molecule has 0 saturated carbocycles. The highest BCUT2D eigenvalue weighted by Gasteiger charge is 2.47. The standard InChI is InChI=1S/C28H36Cl2N4O6/c1-27(2,3)40-26(37)31-13-6-5-7-21(24(35)33-38)34-14-12-28(4,25(34)36)19-8-10-20(11-9-19)39-17-18-15-22(29)32-23(30)16-18/h8-11,15-16,21,38H,5-7,12-14,17H2,1-4H3,(H,31,37)(H,33,35). The van der Waals surface area contributed by atoms with E-state index in [1.807, 2.05) is 19.1 Å². The largest absolute Gasteiger partial charge is 0.489 e. The number of hydroxylamine groups is 1. The molecule has 3 N–H and O–H groups in total. The number of aromatic nitrogens is 1. The van der Waals surface area contributed by atoms with Crippen LogP contribution in [0.2, 0.25) is 10.3 Å². The summed E-state index contributed by atoms with van der Waals surface area (Å²) >= 11 is 11.9. The maximum absolute atomic E-state index is 13.6. The highest BCUT2D eigenvalue weighted by Crippen LogP contribution is 2.38. The van der Waals surface area contributed by atoms with E-state index in [-0.39, 0.29) is 22.8 Å². The third-order valence-electron chi connectivity index (χ3n) is 6.67. The molecule has 218 valence electrons. The Labute approximate surface area is 244 Å². The van der Waals surface area contributed by atoms with Crippen LogP contribution in [-0.2, 0) is 26.3 Å². The van der Waals surface area contributed by atoms with E-state index >= 15 is 0 Å². The van der Waals surface area contributed by atoms with Gasteiger partial charge < -0.3 is 19.7 Å². The number of hydrogen-bond donors (Lipinski definition) is 3. The normalized spacial score (nSPS) is 17.9. The van der Waals surface area contributed by atoms with Crippen molar-refractivity contribution in [3.63, 3.8) is 0 Å². The summed E-state index contributed by atoms with van der Waals surface area (Å²) in [6, 6.07) is 9.77. The summed E-state index contributed by atoms with van der Waals surface area (Å²) in [6.45, 7) is 8.18. The molecule has 40 heavy (non-hydrogen) atoms. The Hall–Kier alpha value is -3.08. The van der Waals surface area contributed by atoms with Gasteiger partial charge >= 0.3 is 6.09 Å². The second-order valence-electron chi connectivity index (χ2n) is 10.9. The van der Waals surface area contributed by atoms with Gasteiger partial charge in [-0.3, -0.25) is 14.8 Å². The van der Waals surface area contributed by atoms with Crippen LogP contribution in [0, 0.1) is 0 Å². The topological polar surface area (TPSA) is 130 Å². The Bertz CT molecular complexity index is 1180. The van der Waals surface area contributed by atoms with Crippen molar-refractivity contribution in [3.05, 3.63) is 57.8 Å². The van der Waals surface area contributed by atoms with Crippen LogP contribution < -0.4 is 15.5 Å². The smallest absolute Gasteiger partial charge is 0.407 e. The number of nitrogens with one attached hydrogen (secondary N) is 2. The SMILES string of the molecule is CC(C)(C)OC(=O)NCCCCC(C(=O)NO)N1CCC(C)(c2ccc(OCc3cc(Cl)nc(Cl)c3)cc2)C1=O. The number of pyridine rings is 1. The molecular formula is C28H36Cl2N4O6. The molecule has 0 bridgehead atoms. The van der Waals surface area contributed by atoms with Crippen molar-refractivity contribution in [2.75, 3.05) is 13.1 Å². The number of carbonyl (C=O) groups excluding carboxylic acids is 3. The van der Waals surface area contributed by atoms with Gasteiger partial charge in [0.2, 0.25) is 5.91 Å². The predicted octanol–water partition coefficient (Wildman–Crippen LogP) is 5.03. The number of benzene rings is 1. The summed E-state index contributed by atoms with van der Waals surface area (Å²) in [5.41, 5.74) is 1.84. The fourth-order valence-corrected chi connectivity index (χ4v) is 5.09. The van der Waals surface area contributed by atoms with Gasteiger partial charge in [0, 0.05) is 13.1 Å². The summed E-state index contributed by atoms with van der Waals surface area (Å²) in [5, 5.41) is 12.6. The van der Waals surface area contributed by atoms with Crippen LogP contribution in [0.4, 0.5) is 4.79 Å². The monoisotopic (exact) mass is 594 g/mol. The second kappa shape index (κ2) is 13.5. The molecular weight excluding hydrogens is 559 g/mol. The van der Waals surface area contributed by atoms with Gasteiger partial charge in [0.15, 0.2) is 0 Å². The van der Waals surface area contributed by atoms with Gasteiger partial charge in [-0.05, 0) is 88.8 Å². The molecule has 10 nitrogen and oxygen atoms in total. The summed E-state index contributed by atoms with van der Waals surface area (Å²) < 4.78 is 11.0. The molecule has 1 aromatic carbocycles. The zero-order valence-electron chi connectivity index (χ0n) is 23.1. The molecule has 2 aromatic rings. The van der Waals surface area contributed by atoms with E-state index < -0.39 is 29.1 Å². The van der Waals surface area contributed by atoms with Crippen LogP contribution in [0.5, 0.6) is 5.75 Å². The minimum atomic E-state index is -0.836. The quantitative estimate of drug-likeness (QED) is 0.144. The number of alkyl carbamates (subject to hydrolysis) is 1. The third-order valence-corrected chi connectivity index (χ3v) is 7.05. The lowest BCUT2D eigenvalue weighted by molar-refractivity contribution is -0.144. The van der Waals surface area contributed by atoms with Gasteiger partial charge in [0.05, 0.1) is 5.41 Å². The van der Waals surface area contributed by atoms with Crippen molar-refractivity contribution in [1.29, 1.82) is 0 Å². The van der Waals surface area contributed by atoms with Crippen LogP contribution in [0.3, 0.4) is 0 Å². The number of carbonyl (C=O) groups is 3. The van der Waals surface area contributed by atoms with Gasteiger partial charge in [-0.1, -0.05) is 35.3 Å². The number of nitrogens with zero attached hydrogens (tertiary/aromatic N) is 2. The average Bonchev–Trinajstić information content (AvgIpc) is 3.18. The Morgan fingerprint density at radius 3 is 2.40 bits per heavy atom. The lowest BCUT2D eigenvalue weighted by Crippen LogP contribution is -2.49. The van der Waals surface area contributed by atoms with Gasteiger partial charge in [-0.25, -0.2) is 15.3 Å². The predicted molar refractivity (Wildman–Crippen MR) is 151 cm³/mol. The van der Waals surface area contributed by atoms with Crippen LogP contribution in [-0.4, -0.2) is 57.7 Å². The number of unbranched alkanes of at least 4 members (excludes halogenated alkanes) is 1. The Balaban J connectivity index is 1.58. The van der Waals surface area contributed by atoms with E-state index in [0.717, 1.165) is 11.1 Å². The van der Waals surface area contributed by atoms with E-state index in [4.69, 9.17) is 32.7 Å². The summed E-state index contributed by atoms with van der Waals surface area (Å²) in [4.78, 5) is 43.4. The van der Waals surface area contributed by atoms with Gasteiger partial charge in [-0.2, -0.15) is 0 Å². The fraction of sp³-hybridized carbons (Fsp3) is 0.500. The number of likely N-dealkylation sites (tertiary alicyclic amines) is 1. The van der Waals surface area contributed by atoms with E-state index in [1.165, 1.54) is 4.90 Å². The van der Waals surface area contributed by atoms with Crippen LogP contribution in [0.25, 0.3) is 0 Å². The molecule has 2 heterocycles. The molecule has 2 atom stereocenters. The van der Waals surface area contributed by atoms with E-state index in [1.54, 1.807) is 50.5 Å². The maximum atomic E-state index is 13.6. The Morgan fingerprint density at radius 1 is 1.15 bits per heavy atom. The van der Waals surface area contributed by atoms with Gasteiger partial charge in [-0.15, -0.1) is 0 Å². The van der Waals surface area contributed by atoms with E-state index in [2.05, 4.69) is 10.3 Å². The molecule has 0 spiro atoms. The van der Waals surface area contributed by atoms with Crippen molar-refractivity contribution in [2.24, 2.45) is 0 Å². The van der Waals surface area contributed by atoms with Crippen LogP contribution >= 0.6 is 23.2 Å². The first kappa shape index (κ1) is 31.4. The molecule has 0 radical (unpaired) electrons. The molecule has 3 amide bonds. The van der Waals surface area contributed by atoms with Crippen LogP contribution in [0.1, 0.15) is 64.5 Å². The zero-order chi connectivity index (χ0) is 29.5. The van der Waals surface area contributed by atoms with Crippen molar-refractivity contribution in [3.8, 4) is 5.75 Å². The maximum Gasteiger partial charge on any atom is 0.407 e. The molecule has 1 saturated heterocycles. The van der Waals surface area contributed by atoms with Crippen LogP contribution in [0.15, 0.2) is 36.4 Å². The molecule has 1 aliphatic heterocycles. The lowest BCUT2D eigenvalue weighted by Gasteiger charge is -2.29. The highest BCUT2D eigenvalue weighted by atomic mass is 35.5. The number of halogens is 2. The molecule has 3 rings (SSSR count). The lowest BCUT2D eigenvalue weighted by atomic mass is 9.81. The minimum absolute atomic E-state index is 0.192. The number of amides is 3. The van der Waals surface area contributed by atoms with E-state index in [9.17, 15) is 19.6 Å². The van der Waals surface area contributed by atoms with Gasteiger partial charge in [0.1, 0.15) is 34.3 Å². The zero-order valence-corrected chi connectivity index (χ0v) is 24.6. The van der Waals surface area contributed by atoms with Gasteiger partial charge in [0.25, 0.3) is 5.91 Å². The number of ether oxygens (including phenoxy) is 2. The van der Waals surface area contributed by atoms with Crippen molar-refractivity contribution in [2.45, 2.75) is 77.0 Å². The van der Waals surface area contributed by atoms with Crippen molar-refractivity contribution in [1.82, 2.24) is 20.7 Å². The molecule has 12 heteroatoms. The number of hydrogen-bond acceptors (Lipinski definition) is 7. The molecule has 1 aliphatic rings. The molecule has 0 aliphatic carbocycles. The first-order valence-electron chi connectivity index (χ1n) is 13.1. The minimum Gasteiger partial charge on any atom is -0.489 e. The van der Waals surface area contributed by atoms with Crippen molar-refractivity contribution >= 4 is 41.1 Å². The summed E-state index contributed by atoms with van der Waals surface area (Å²) in [5.74, 6) is -0.225. The first-order valence-corrected chi connectivity index (χ1v) is 13.8. The summed E-state index contributed by atoms with van der Waals surface area (Å²) in [6.07, 6.45) is 1.46. The first-order chi connectivity index (χ1) is 18.8. The molecule has 1 fully saturated rings. The number of rotatable bonds is 11. The molecule has 1 aromatic heterocycles. The highest BCUT2D eigenvalue weighted by molar-refractivity contribution is 6.32. The third kappa shape index (κ3) is 8.46. The summed E-state index contributed by atoms with van der Waals surface area (Å²) in [7, 11) is 0. The fourth-order valence-electron chi connectivity index (χ4n) is 4.59.